The Bertz CT molecular complexity index is 1080. The van der Waals surface area contributed by atoms with Gasteiger partial charge in [-0.3, -0.25) is 4.79 Å². The fourth-order valence-electron chi connectivity index (χ4n) is 2.42. The minimum Gasteiger partial charge on any atom is -0.420 e. The number of amides is 1. The number of hydrogen-bond donors (Lipinski definition) is 1. The van der Waals surface area contributed by atoms with Crippen LogP contribution in [0.3, 0.4) is 0 Å². The molecule has 4 rings (SSSR count). The third kappa shape index (κ3) is 4.26. The van der Waals surface area contributed by atoms with Gasteiger partial charge in [-0.05, 0) is 36.4 Å². The Balaban J connectivity index is 1.39. The third-order valence-corrected chi connectivity index (χ3v) is 4.47. The van der Waals surface area contributed by atoms with E-state index in [1.165, 1.54) is 18.7 Å². The highest BCUT2D eigenvalue weighted by atomic mass is 32.2. The summed E-state index contributed by atoms with van der Waals surface area (Å²) in [5, 5.41) is 19.3. The number of aromatic nitrogens is 4. The molecule has 0 bridgehead atoms. The Hall–Kier alpha value is -3.46. The predicted octanol–water partition coefficient (Wildman–Crippen LogP) is 4.04. The fourth-order valence-corrected chi connectivity index (χ4v) is 3.02. The number of thioether (sulfide) groups is 1. The fraction of sp³-hybridized carbons (Fsp3) is 0.105. The van der Waals surface area contributed by atoms with Crippen LogP contribution in [-0.4, -0.2) is 26.3 Å². The van der Waals surface area contributed by atoms with Gasteiger partial charge in [0.1, 0.15) is 0 Å². The molecule has 140 valence electrons. The van der Waals surface area contributed by atoms with Gasteiger partial charge in [-0.1, -0.05) is 30.0 Å². The zero-order valence-electron chi connectivity index (χ0n) is 14.8. The molecule has 0 unspecified atom stereocenters. The first kappa shape index (κ1) is 17.9. The highest BCUT2D eigenvalue weighted by Crippen LogP contribution is 2.27. The summed E-state index contributed by atoms with van der Waals surface area (Å²) in [6, 6.07) is 16.7. The lowest BCUT2D eigenvalue weighted by Gasteiger charge is -2.01. The number of benzene rings is 2. The van der Waals surface area contributed by atoms with Crippen molar-refractivity contribution in [3.8, 4) is 22.9 Å². The summed E-state index contributed by atoms with van der Waals surface area (Å²) in [4.78, 5) is 11.1. The Morgan fingerprint density at radius 2 is 1.57 bits per heavy atom. The van der Waals surface area contributed by atoms with Crippen molar-refractivity contribution in [2.24, 2.45) is 0 Å². The van der Waals surface area contributed by atoms with Gasteiger partial charge in [-0.2, -0.15) is 0 Å². The SMILES string of the molecule is CC(=O)Nc1ccc(-c2nnc(SCc3nnc(-c4ccccc4)o3)o2)cc1. The van der Waals surface area contributed by atoms with Gasteiger partial charge < -0.3 is 14.2 Å². The second-order valence-electron chi connectivity index (χ2n) is 5.79. The molecule has 2 aromatic heterocycles. The summed E-state index contributed by atoms with van der Waals surface area (Å²) >= 11 is 1.32. The van der Waals surface area contributed by atoms with Crippen molar-refractivity contribution in [2.75, 3.05) is 5.32 Å². The van der Waals surface area contributed by atoms with E-state index < -0.39 is 0 Å². The van der Waals surface area contributed by atoms with Gasteiger partial charge in [0.15, 0.2) is 0 Å². The lowest BCUT2D eigenvalue weighted by atomic mass is 10.2. The van der Waals surface area contributed by atoms with Crippen LogP contribution in [0.5, 0.6) is 0 Å². The molecule has 1 amide bonds. The molecule has 28 heavy (non-hydrogen) atoms. The average molecular weight is 393 g/mol. The number of carbonyl (C=O) groups excluding carboxylic acids is 1. The second-order valence-corrected chi connectivity index (χ2v) is 6.71. The first-order valence-electron chi connectivity index (χ1n) is 8.39. The third-order valence-electron chi connectivity index (χ3n) is 3.67. The maximum Gasteiger partial charge on any atom is 0.277 e. The molecule has 0 saturated heterocycles. The first-order chi connectivity index (χ1) is 13.7. The van der Waals surface area contributed by atoms with Gasteiger partial charge in [0.25, 0.3) is 5.22 Å². The minimum atomic E-state index is -0.124. The summed E-state index contributed by atoms with van der Waals surface area (Å²) < 4.78 is 11.3. The van der Waals surface area contributed by atoms with Crippen LogP contribution in [0, 0.1) is 0 Å². The first-order valence-corrected chi connectivity index (χ1v) is 9.38. The molecule has 0 saturated carbocycles. The van der Waals surface area contributed by atoms with Gasteiger partial charge in [-0.25, -0.2) is 0 Å². The Kier molecular flexibility index (Phi) is 5.16. The molecular weight excluding hydrogens is 378 g/mol. The standard InChI is InChI=1S/C19H15N5O3S/c1-12(25)20-15-9-7-14(8-10-15)18-23-24-19(27-18)28-11-16-21-22-17(26-16)13-5-3-2-4-6-13/h2-10H,11H2,1H3,(H,20,25). The number of anilines is 1. The lowest BCUT2D eigenvalue weighted by Crippen LogP contribution is -2.05. The minimum absolute atomic E-state index is 0.124. The molecule has 0 aliphatic rings. The molecular formula is C19H15N5O3S. The largest absolute Gasteiger partial charge is 0.420 e. The van der Waals surface area contributed by atoms with E-state index in [4.69, 9.17) is 8.83 Å². The highest BCUT2D eigenvalue weighted by molar-refractivity contribution is 7.98. The number of carbonyl (C=O) groups is 1. The molecule has 0 atom stereocenters. The number of nitrogens with one attached hydrogen (secondary N) is 1. The molecule has 0 spiro atoms. The lowest BCUT2D eigenvalue weighted by molar-refractivity contribution is -0.114. The highest BCUT2D eigenvalue weighted by Gasteiger charge is 2.13. The van der Waals surface area contributed by atoms with E-state index in [0.29, 0.717) is 34.3 Å². The van der Waals surface area contributed by atoms with Crippen LogP contribution in [-0.2, 0) is 10.5 Å². The van der Waals surface area contributed by atoms with Crippen LogP contribution in [0.4, 0.5) is 5.69 Å². The van der Waals surface area contributed by atoms with Crippen LogP contribution >= 0.6 is 11.8 Å². The van der Waals surface area contributed by atoms with Crippen LogP contribution in [0.15, 0.2) is 68.7 Å². The van der Waals surface area contributed by atoms with E-state index >= 15 is 0 Å². The molecule has 8 nitrogen and oxygen atoms in total. The van der Waals surface area contributed by atoms with Crippen molar-refractivity contribution in [2.45, 2.75) is 17.9 Å². The van der Waals surface area contributed by atoms with Crippen LogP contribution in [0.2, 0.25) is 0 Å². The van der Waals surface area contributed by atoms with E-state index in [1.807, 2.05) is 30.3 Å². The Morgan fingerprint density at radius 3 is 2.32 bits per heavy atom. The van der Waals surface area contributed by atoms with Crippen molar-refractivity contribution >= 4 is 23.4 Å². The molecule has 0 fully saturated rings. The van der Waals surface area contributed by atoms with Crippen LogP contribution in [0.1, 0.15) is 12.8 Å². The Labute approximate surface area is 164 Å². The normalized spacial score (nSPS) is 10.8. The molecule has 0 aliphatic carbocycles. The zero-order valence-corrected chi connectivity index (χ0v) is 15.6. The summed E-state index contributed by atoms with van der Waals surface area (Å²) in [5.41, 5.74) is 2.34. The molecule has 9 heteroatoms. The Morgan fingerprint density at radius 1 is 0.893 bits per heavy atom. The van der Waals surface area contributed by atoms with E-state index in [2.05, 4.69) is 25.7 Å². The van der Waals surface area contributed by atoms with Crippen molar-refractivity contribution in [3.63, 3.8) is 0 Å². The summed E-state index contributed by atoms with van der Waals surface area (Å²) in [6.45, 7) is 1.46. The molecule has 4 aromatic rings. The van der Waals surface area contributed by atoms with Crippen LogP contribution < -0.4 is 5.32 Å². The van der Waals surface area contributed by atoms with Gasteiger partial charge in [0.05, 0.1) is 5.75 Å². The maximum atomic E-state index is 11.1. The van der Waals surface area contributed by atoms with E-state index in [-0.39, 0.29) is 5.91 Å². The number of rotatable bonds is 6. The van der Waals surface area contributed by atoms with E-state index in [0.717, 1.165) is 11.1 Å². The van der Waals surface area contributed by atoms with Gasteiger partial charge >= 0.3 is 0 Å². The maximum absolute atomic E-state index is 11.1. The number of hydrogen-bond acceptors (Lipinski definition) is 8. The van der Waals surface area contributed by atoms with Crippen molar-refractivity contribution in [1.82, 2.24) is 20.4 Å². The molecule has 2 aromatic carbocycles. The predicted molar refractivity (Wildman–Crippen MR) is 103 cm³/mol. The van der Waals surface area contributed by atoms with E-state index in [1.54, 1.807) is 24.3 Å². The van der Waals surface area contributed by atoms with Crippen molar-refractivity contribution in [1.29, 1.82) is 0 Å². The summed E-state index contributed by atoms with van der Waals surface area (Å²) in [6.07, 6.45) is 0. The molecule has 2 heterocycles. The van der Waals surface area contributed by atoms with Gasteiger partial charge in [-0.15, -0.1) is 20.4 Å². The topological polar surface area (TPSA) is 107 Å². The van der Waals surface area contributed by atoms with Crippen molar-refractivity contribution < 1.29 is 13.6 Å². The molecule has 0 aliphatic heterocycles. The smallest absolute Gasteiger partial charge is 0.277 e. The quantitative estimate of drug-likeness (QED) is 0.489. The van der Waals surface area contributed by atoms with Crippen LogP contribution in [0.25, 0.3) is 22.9 Å². The summed E-state index contributed by atoms with van der Waals surface area (Å²) in [5.74, 6) is 1.64. The summed E-state index contributed by atoms with van der Waals surface area (Å²) in [7, 11) is 0. The molecule has 1 N–H and O–H groups in total. The molecule has 0 radical (unpaired) electrons. The average Bonchev–Trinajstić information content (AvgIpc) is 3.37. The van der Waals surface area contributed by atoms with E-state index in [9.17, 15) is 4.79 Å². The monoisotopic (exact) mass is 393 g/mol. The number of nitrogens with zero attached hydrogens (tertiary/aromatic N) is 4. The zero-order chi connectivity index (χ0) is 19.3. The van der Waals surface area contributed by atoms with Gasteiger partial charge in [0.2, 0.25) is 23.6 Å². The van der Waals surface area contributed by atoms with Crippen molar-refractivity contribution in [3.05, 3.63) is 60.5 Å². The second kappa shape index (κ2) is 8.05. The van der Waals surface area contributed by atoms with Gasteiger partial charge in [0, 0.05) is 23.7 Å².